The maximum Gasteiger partial charge on any atom is 0.116 e. The lowest BCUT2D eigenvalue weighted by Crippen LogP contribution is -1.68. The predicted molar refractivity (Wildman–Crippen MR) is 33.3 cm³/mol. The largest absolute Gasteiger partial charge is 0.399 e. The zero-order valence-corrected chi connectivity index (χ0v) is 4.85. The van der Waals surface area contributed by atoms with Gasteiger partial charge in [0.1, 0.15) is 13.3 Å². The Hall–Kier alpha value is -0.970. The fourth-order valence-corrected chi connectivity index (χ4v) is 0.197. The molecule has 0 saturated carbocycles. The summed E-state index contributed by atoms with van der Waals surface area (Å²) in [5.41, 5.74) is 0. The monoisotopic (exact) mass is 110 g/mol. The molecule has 0 aliphatic heterocycles. The van der Waals surface area contributed by atoms with Gasteiger partial charge in [0.15, 0.2) is 0 Å². The third-order valence-corrected chi connectivity index (χ3v) is 0.450. The van der Waals surface area contributed by atoms with Gasteiger partial charge in [-0.3, -0.25) is 0 Å². The van der Waals surface area contributed by atoms with Crippen molar-refractivity contribution < 1.29 is 4.84 Å². The van der Waals surface area contributed by atoms with Crippen LogP contribution in [0.5, 0.6) is 0 Å². The maximum atomic E-state index is 4.33. The van der Waals surface area contributed by atoms with Crippen LogP contribution in [0.4, 0.5) is 0 Å². The highest BCUT2D eigenvalue weighted by molar-refractivity contribution is 5.77. The smallest absolute Gasteiger partial charge is 0.116 e. The van der Waals surface area contributed by atoms with E-state index in [1.54, 1.807) is 0 Å². The van der Waals surface area contributed by atoms with Crippen LogP contribution < -0.4 is 0 Å². The molecule has 0 aliphatic carbocycles. The van der Waals surface area contributed by atoms with Crippen LogP contribution in [-0.2, 0) is 4.84 Å². The molecule has 2 nitrogen and oxygen atoms in total. The molecule has 0 fully saturated rings. The second-order valence-corrected chi connectivity index (χ2v) is 0.988. The first-order chi connectivity index (χ1) is 3.91. The van der Waals surface area contributed by atoms with Crippen molar-refractivity contribution in [2.75, 3.05) is 7.11 Å². The van der Waals surface area contributed by atoms with E-state index in [0.29, 0.717) is 6.42 Å². The standard InChI is InChI=1S/C6H8NO/c1-3-4-5-6-7-8-2/h6H,1,3H2,2H3. The Labute approximate surface area is 49.5 Å². The molecule has 0 N–H and O–H groups in total. The van der Waals surface area contributed by atoms with Gasteiger partial charge in [-0.1, -0.05) is 17.0 Å². The fourth-order valence-electron chi connectivity index (χ4n) is 0.197. The third-order valence-electron chi connectivity index (χ3n) is 0.450. The minimum absolute atomic E-state index is 0.607. The van der Waals surface area contributed by atoms with Gasteiger partial charge in [-0.25, -0.2) is 0 Å². The van der Waals surface area contributed by atoms with Gasteiger partial charge >= 0.3 is 0 Å². The average molecular weight is 110 g/mol. The first kappa shape index (κ1) is 7.03. The highest BCUT2D eigenvalue weighted by Gasteiger charge is 1.59. The average Bonchev–Trinajstić information content (AvgIpc) is 1.81. The lowest BCUT2D eigenvalue weighted by molar-refractivity contribution is 0.216. The maximum absolute atomic E-state index is 4.33. The van der Waals surface area contributed by atoms with Crippen molar-refractivity contribution in [1.82, 2.24) is 0 Å². The second-order valence-electron chi connectivity index (χ2n) is 0.988. The lowest BCUT2D eigenvalue weighted by Gasteiger charge is -1.76. The van der Waals surface area contributed by atoms with Gasteiger partial charge in [-0.2, -0.15) is 0 Å². The molecule has 0 aromatic rings. The predicted octanol–water partition coefficient (Wildman–Crippen LogP) is 0.846. The normalized spacial score (nSPS) is 8.25. The Kier molecular flexibility index (Phi) is 5.30. The van der Waals surface area contributed by atoms with Crippen molar-refractivity contribution >= 4 is 6.21 Å². The van der Waals surface area contributed by atoms with Crippen LogP contribution in [0.2, 0.25) is 0 Å². The van der Waals surface area contributed by atoms with Crippen LogP contribution in [-0.4, -0.2) is 13.3 Å². The molecule has 43 valence electrons. The highest BCUT2D eigenvalue weighted by atomic mass is 16.6. The SMILES string of the molecule is [CH2]CC#CC=NOC. The summed E-state index contributed by atoms with van der Waals surface area (Å²) < 4.78 is 0. The molecule has 0 aromatic carbocycles. The second kappa shape index (κ2) is 6.03. The molecule has 0 aromatic heterocycles. The van der Waals surface area contributed by atoms with E-state index in [0.717, 1.165) is 0 Å². The zero-order valence-electron chi connectivity index (χ0n) is 4.85. The summed E-state index contributed by atoms with van der Waals surface area (Å²) in [6.45, 7) is 3.51. The molecule has 0 saturated heterocycles. The van der Waals surface area contributed by atoms with E-state index >= 15 is 0 Å². The van der Waals surface area contributed by atoms with Crippen LogP contribution >= 0.6 is 0 Å². The molecule has 0 unspecified atom stereocenters. The van der Waals surface area contributed by atoms with Gasteiger partial charge in [-0.05, 0) is 6.92 Å². The van der Waals surface area contributed by atoms with E-state index in [2.05, 4.69) is 28.8 Å². The molecule has 8 heavy (non-hydrogen) atoms. The Morgan fingerprint density at radius 3 is 3.12 bits per heavy atom. The Balaban J connectivity index is 3.26. The molecule has 0 atom stereocenters. The van der Waals surface area contributed by atoms with E-state index in [9.17, 15) is 0 Å². The molecule has 0 spiro atoms. The van der Waals surface area contributed by atoms with E-state index in [1.165, 1.54) is 13.3 Å². The van der Waals surface area contributed by atoms with Crippen molar-refractivity contribution in [3.63, 3.8) is 0 Å². The fraction of sp³-hybridized carbons (Fsp3) is 0.333. The van der Waals surface area contributed by atoms with Crippen LogP contribution in [0.3, 0.4) is 0 Å². The van der Waals surface area contributed by atoms with Crippen molar-refractivity contribution in [1.29, 1.82) is 0 Å². The Morgan fingerprint density at radius 2 is 2.62 bits per heavy atom. The molecular formula is C6H8NO. The minimum Gasteiger partial charge on any atom is -0.399 e. The summed E-state index contributed by atoms with van der Waals surface area (Å²) in [5, 5.41) is 3.38. The van der Waals surface area contributed by atoms with Crippen LogP contribution in [0.15, 0.2) is 5.16 Å². The minimum atomic E-state index is 0.607. The van der Waals surface area contributed by atoms with Crippen LogP contribution in [0, 0.1) is 18.8 Å². The van der Waals surface area contributed by atoms with Gasteiger partial charge in [0.05, 0.1) is 0 Å². The molecular weight excluding hydrogens is 102 g/mol. The quantitative estimate of drug-likeness (QED) is 0.278. The van der Waals surface area contributed by atoms with Gasteiger partial charge in [0, 0.05) is 6.42 Å². The number of hydrogen-bond acceptors (Lipinski definition) is 2. The molecule has 0 aliphatic rings. The topological polar surface area (TPSA) is 21.6 Å². The molecule has 0 amide bonds. The first-order valence-electron chi connectivity index (χ1n) is 2.24. The van der Waals surface area contributed by atoms with Crippen molar-refractivity contribution in [3.8, 4) is 11.8 Å². The number of hydrogen-bond donors (Lipinski definition) is 0. The first-order valence-corrected chi connectivity index (χ1v) is 2.24. The summed E-state index contributed by atoms with van der Waals surface area (Å²) in [6.07, 6.45) is 2.00. The zero-order chi connectivity index (χ0) is 6.24. The summed E-state index contributed by atoms with van der Waals surface area (Å²) in [6, 6.07) is 0. The lowest BCUT2D eigenvalue weighted by atomic mass is 10.5. The highest BCUT2D eigenvalue weighted by Crippen LogP contribution is 1.64. The molecule has 0 bridgehead atoms. The summed E-state index contributed by atoms with van der Waals surface area (Å²) in [4.78, 5) is 4.33. The van der Waals surface area contributed by atoms with E-state index in [4.69, 9.17) is 0 Å². The van der Waals surface area contributed by atoms with Gasteiger partial charge < -0.3 is 4.84 Å². The Morgan fingerprint density at radius 1 is 1.88 bits per heavy atom. The van der Waals surface area contributed by atoms with E-state index in [1.807, 2.05) is 0 Å². The number of oxime groups is 1. The number of rotatable bonds is 1. The number of nitrogens with zero attached hydrogens (tertiary/aromatic N) is 1. The van der Waals surface area contributed by atoms with Crippen molar-refractivity contribution in [3.05, 3.63) is 6.92 Å². The molecule has 1 radical (unpaired) electrons. The summed E-state index contributed by atoms with van der Waals surface area (Å²) >= 11 is 0. The van der Waals surface area contributed by atoms with E-state index in [-0.39, 0.29) is 0 Å². The summed E-state index contributed by atoms with van der Waals surface area (Å²) in [7, 11) is 1.47. The summed E-state index contributed by atoms with van der Waals surface area (Å²) in [5.74, 6) is 5.30. The van der Waals surface area contributed by atoms with Crippen LogP contribution in [0.25, 0.3) is 0 Å². The van der Waals surface area contributed by atoms with Gasteiger partial charge in [0.25, 0.3) is 0 Å². The molecule has 0 rings (SSSR count). The van der Waals surface area contributed by atoms with Crippen LogP contribution in [0.1, 0.15) is 6.42 Å². The van der Waals surface area contributed by atoms with Crippen molar-refractivity contribution in [2.45, 2.75) is 6.42 Å². The Bertz CT molecular complexity index is 118. The van der Waals surface area contributed by atoms with E-state index < -0.39 is 0 Å². The van der Waals surface area contributed by atoms with Crippen molar-refractivity contribution in [2.24, 2.45) is 5.16 Å². The molecule has 2 heteroatoms. The molecule has 0 heterocycles. The van der Waals surface area contributed by atoms with Gasteiger partial charge in [-0.15, -0.1) is 0 Å². The van der Waals surface area contributed by atoms with Gasteiger partial charge in [0.2, 0.25) is 0 Å². The third kappa shape index (κ3) is 5.03.